The van der Waals surface area contributed by atoms with Crippen molar-refractivity contribution in [3.05, 3.63) is 34.9 Å². The van der Waals surface area contributed by atoms with E-state index in [4.69, 9.17) is 5.73 Å². The number of carbonyl (C=O) groups excluding carboxylic acids is 1. The second kappa shape index (κ2) is 5.90. The van der Waals surface area contributed by atoms with Gasteiger partial charge in [0.25, 0.3) is 0 Å². The standard InChI is InChI=1S/C12H17N3O/c1-9-5-6-10(2)11(8-9)4-3-7-14-15-12(13)16/h5-8H,3-4H2,1-2H3,(H3,13,15,16). The number of nitrogens with one attached hydrogen (secondary N) is 1. The molecule has 86 valence electrons. The molecule has 4 heteroatoms. The lowest BCUT2D eigenvalue weighted by Gasteiger charge is -2.04. The van der Waals surface area contributed by atoms with Crippen LogP contribution in [-0.2, 0) is 6.42 Å². The molecule has 1 aromatic carbocycles. The molecule has 0 unspecified atom stereocenters. The van der Waals surface area contributed by atoms with Crippen LogP contribution in [0.3, 0.4) is 0 Å². The van der Waals surface area contributed by atoms with Crippen LogP contribution >= 0.6 is 0 Å². The molecule has 2 amide bonds. The lowest BCUT2D eigenvalue weighted by molar-refractivity contribution is 0.249. The van der Waals surface area contributed by atoms with Crippen molar-refractivity contribution in [2.24, 2.45) is 10.8 Å². The summed E-state index contributed by atoms with van der Waals surface area (Å²) in [6.45, 7) is 4.17. The van der Waals surface area contributed by atoms with Crippen LogP contribution in [0.2, 0.25) is 0 Å². The van der Waals surface area contributed by atoms with Crippen LogP contribution < -0.4 is 11.2 Å². The second-order valence-corrected chi connectivity index (χ2v) is 3.76. The third-order valence-electron chi connectivity index (χ3n) is 2.31. The fourth-order valence-corrected chi connectivity index (χ4v) is 1.46. The summed E-state index contributed by atoms with van der Waals surface area (Å²) in [5.41, 5.74) is 10.9. The highest BCUT2D eigenvalue weighted by molar-refractivity contribution is 5.72. The van der Waals surface area contributed by atoms with Crippen LogP contribution in [0.5, 0.6) is 0 Å². The van der Waals surface area contributed by atoms with E-state index in [0.29, 0.717) is 0 Å². The molecule has 0 saturated carbocycles. The van der Waals surface area contributed by atoms with E-state index in [-0.39, 0.29) is 0 Å². The molecule has 0 aliphatic heterocycles. The number of hydrogen-bond donors (Lipinski definition) is 2. The minimum atomic E-state index is -0.636. The van der Waals surface area contributed by atoms with Crippen molar-refractivity contribution in [2.45, 2.75) is 26.7 Å². The van der Waals surface area contributed by atoms with E-state index >= 15 is 0 Å². The first kappa shape index (κ1) is 12.2. The second-order valence-electron chi connectivity index (χ2n) is 3.76. The number of urea groups is 1. The van der Waals surface area contributed by atoms with Gasteiger partial charge in [0.15, 0.2) is 0 Å². The van der Waals surface area contributed by atoms with Crippen molar-refractivity contribution >= 4 is 12.2 Å². The first-order valence-electron chi connectivity index (χ1n) is 5.22. The number of primary amides is 1. The Kier molecular flexibility index (Phi) is 4.51. The molecule has 3 N–H and O–H groups in total. The summed E-state index contributed by atoms with van der Waals surface area (Å²) in [7, 11) is 0. The van der Waals surface area contributed by atoms with Gasteiger partial charge in [0.1, 0.15) is 0 Å². The van der Waals surface area contributed by atoms with Gasteiger partial charge in [-0.05, 0) is 37.8 Å². The van der Waals surface area contributed by atoms with Crippen molar-refractivity contribution in [3.63, 3.8) is 0 Å². The summed E-state index contributed by atoms with van der Waals surface area (Å²) >= 11 is 0. The van der Waals surface area contributed by atoms with Crippen LogP contribution in [0.4, 0.5) is 4.79 Å². The zero-order chi connectivity index (χ0) is 12.0. The summed E-state index contributed by atoms with van der Waals surface area (Å²) in [6, 6.07) is 5.75. The summed E-state index contributed by atoms with van der Waals surface area (Å²) in [6.07, 6.45) is 3.36. The van der Waals surface area contributed by atoms with Gasteiger partial charge in [-0.2, -0.15) is 5.10 Å². The summed E-state index contributed by atoms with van der Waals surface area (Å²) in [5, 5.41) is 3.69. The summed E-state index contributed by atoms with van der Waals surface area (Å²) in [4.78, 5) is 10.3. The molecule has 0 aliphatic rings. The molecule has 0 atom stereocenters. The lowest BCUT2D eigenvalue weighted by atomic mass is 10.0. The number of aryl methyl sites for hydroxylation is 3. The van der Waals surface area contributed by atoms with E-state index < -0.39 is 6.03 Å². The van der Waals surface area contributed by atoms with Crippen LogP contribution in [-0.4, -0.2) is 12.2 Å². The SMILES string of the molecule is Cc1ccc(C)c(CCC=NNC(N)=O)c1. The number of nitrogens with two attached hydrogens (primary N) is 1. The van der Waals surface area contributed by atoms with Gasteiger partial charge in [-0.3, -0.25) is 0 Å². The molecule has 0 aliphatic carbocycles. The highest BCUT2D eigenvalue weighted by Gasteiger charge is 1.97. The Labute approximate surface area is 95.5 Å². The van der Waals surface area contributed by atoms with Gasteiger partial charge in [-0.25, -0.2) is 10.2 Å². The first-order valence-corrected chi connectivity index (χ1v) is 5.22. The van der Waals surface area contributed by atoms with Gasteiger partial charge in [0, 0.05) is 6.21 Å². The third kappa shape index (κ3) is 4.13. The fourth-order valence-electron chi connectivity index (χ4n) is 1.46. The van der Waals surface area contributed by atoms with E-state index in [1.54, 1.807) is 6.21 Å². The van der Waals surface area contributed by atoms with E-state index in [0.717, 1.165) is 12.8 Å². The lowest BCUT2D eigenvalue weighted by Crippen LogP contribution is -2.24. The largest absolute Gasteiger partial charge is 0.350 e. The number of amides is 2. The summed E-state index contributed by atoms with van der Waals surface area (Å²) < 4.78 is 0. The Balaban J connectivity index is 2.45. The monoisotopic (exact) mass is 219 g/mol. The van der Waals surface area contributed by atoms with Crippen molar-refractivity contribution in [1.82, 2.24) is 5.43 Å². The van der Waals surface area contributed by atoms with E-state index in [1.807, 2.05) is 0 Å². The van der Waals surface area contributed by atoms with Gasteiger partial charge in [-0.1, -0.05) is 23.8 Å². The molecule has 1 aromatic rings. The number of benzene rings is 1. The first-order chi connectivity index (χ1) is 7.59. The molecule has 0 fully saturated rings. The minimum Gasteiger partial charge on any atom is -0.350 e. The molecule has 0 heterocycles. The molecule has 0 radical (unpaired) electrons. The topological polar surface area (TPSA) is 67.5 Å². The van der Waals surface area contributed by atoms with Crippen LogP contribution in [0.15, 0.2) is 23.3 Å². The Hall–Kier alpha value is -1.84. The van der Waals surface area contributed by atoms with E-state index in [2.05, 4.69) is 42.6 Å². The highest BCUT2D eigenvalue weighted by atomic mass is 16.2. The number of nitrogens with zero attached hydrogens (tertiary/aromatic N) is 1. The Morgan fingerprint density at radius 1 is 1.50 bits per heavy atom. The molecular formula is C12H17N3O. The van der Waals surface area contributed by atoms with Gasteiger partial charge in [-0.15, -0.1) is 0 Å². The van der Waals surface area contributed by atoms with Crippen molar-refractivity contribution in [1.29, 1.82) is 0 Å². The molecular weight excluding hydrogens is 202 g/mol. The van der Waals surface area contributed by atoms with Gasteiger partial charge in [0.2, 0.25) is 0 Å². The maximum atomic E-state index is 10.3. The molecule has 0 saturated heterocycles. The molecule has 16 heavy (non-hydrogen) atoms. The van der Waals surface area contributed by atoms with E-state index in [9.17, 15) is 4.79 Å². The average molecular weight is 219 g/mol. The smallest absolute Gasteiger partial charge is 0.332 e. The zero-order valence-corrected chi connectivity index (χ0v) is 9.66. The minimum absolute atomic E-state index is 0.636. The molecule has 0 spiro atoms. The predicted molar refractivity (Wildman–Crippen MR) is 65.4 cm³/mol. The molecule has 1 rings (SSSR count). The summed E-state index contributed by atoms with van der Waals surface area (Å²) in [5.74, 6) is 0. The van der Waals surface area contributed by atoms with Crippen LogP contribution in [0.1, 0.15) is 23.1 Å². The van der Waals surface area contributed by atoms with Gasteiger partial charge in [0.05, 0.1) is 0 Å². The maximum absolute atomic E-state index is 10.3. The Morgan fingerprint density at radius 3 is 2.94 bits per heavy atom. The van der Waals surface area contributed by atoms with Crippen molar-refractivity contribution < 1.29 is 4.79 Å². The Bertz CT molecular complexity index is 399. The van der Waals surface area contributed by atoms with Crippen LogP contribution in [0, 0.1) is 13.8 Å². The van der Waals surface area contributed by atoms with E-state index in [1.165, 1.54) is 16.7 Å². The zero-order valence-electron chi connectivity index (χ0n) is 9.66. The quantitative estimate of drug-likeness (QED) is 0.589. The van der Waals surface area contributed by atoms with Crippen molar-refractivity contribution in [3.8, 4) is 0 Å². The average Bonchev–Trinajstić information content (AvgIpc) is 2.22. The normalized spacial score (nSPS) is 10.6. The van der Waals surface area contributed by atoms with Gasteiger partial charge < -0.3 is 5.73 Å². The number of hydrogen-bond acceptors (Lipinski definition) is 2. The van der Waals surface area contributed by atoms with Crippen molar-refractivity contribution in [2.75, 3.05) is 0 Å². The molecule has 4 nitrogen and oxygen atoms in total. The number of rotatable bonds is 4. The third-order valence-corrected chi connectivity index (χ3v) is 2.31. The van der Waals surface area contributed by atoms with Crippen LogP contribution in [0.25, 0.3) is 0 Å². The number of hydrazone groups is 1. The number of carbonyl (C=O) groups is 1. The molecule has 0 aromatic heterocycles. The Morgan fingerprint density at radius 2 is 2.25 bits per heavy atom. The highest BCUT2D eigenvalue weighted by Crippen LogP contribution is 2.11. The van der Waals surface area contributed by atoms with Gasteiger partial charge >= 0.3 is 6.03 Å². The predicted octanol–water partition coefficient (Wildman–Crippen LogP) is 1.89. The maximum Gasteiger partial charge on any atom is 0.332 e. The fraction of sp³-hybridized carbons (Fsp3) is 0.333. The molecule has 0 bridgehead atoms.